The third kappa shape index (κ3) is 4.07. The van der Waals surface area contributed by atoms with Crippen molar-refractivity contribution in [2.24, 2.45) is 0 Å². The Morgan fingerprint density at radius 3 is 3.00 bits per heavy atom. The molecule has 5 heteroatoms. The number of nitrogens with one attached hydrogen (secondary N) is 2. The molecule has 0 bridgehead atoms. The van der Waals surface area contributed by atoms with E-state index in [1.54, 1.807) is 0 Å². The van der Waals surface area contributed by atoms with Crippen LogP contribution in [0.5, 0.6) is 0 Å². The molecule has 1 saturated heterocycles. The molecule has 1 aromatic rings. The molecule has 1 atom stereocenters. The van der Waals surface area contributed by atoms with Crippen molar-refractivity contribution in [3.8, 4) is 0 Å². The minimum absolute atomic E-state index is 0.497. The molecule has 2 heterocycles. The van der Waals surface area contributed by atoms with E-state index in [1.165, 1.54) is 19.4 Å². The fourth-order valence-corrected chi connectivity index (χ4v) is 2.56. The number of likely N-dealkylation sites (N-methyl/N-ethyl adjacent to an activating group) is 1. The Bertz CT molecular complexity index is 421. The fraction of sp³-hybridized carbons (Fsp3) is 0.733. The highest BCUT2D eigenvalue weighted by Crippen LogP contribution is 2.18. The third-order valence-electron chi connectivity index (χ3n) is 3.80. The second-order valence-electron chi connectivity index (χ2n) is 5.53. The molecule has 1 aliphatic heterocycles. The maximum absolute atomic E-state index is 4.60. The molecular formula is C15H27N5. The van der Waals surface area contributed by atoms with Crippen molar-refractivity contribution in [3.05, 3.63) is 11.8 Å². The summed E-state index contributed by atoms with van der Waals surface area (Å²) in [5.41, 5.74) is 1.11. The molecule has 5 nitrogen and oxygen atoms in total. The van der Waals surface area contributed by atoms with Crippen molar-refractivity contribution in [1.29, 1.82) is 0 Å². The number of hydrogen-bond donors (Lipinski definition) is 2. The highest BCUT2D eigenvalue weighted by molar-refractivity contribution is 5.47. The van der Waals surface area contributed by atoms with Crippen molar-refractivity contribution in [1.82, 2.24) is 14.9 Å². The van der Waals surface area contributed by atoms with E-state index < -0.39 is 0 Å². The molecule has 0 spiro atoms. The summed E-state index contributed by atoms with van der Waals surface area (Å²) < 4.78 is 0. The summed E-state index contributed by atoms with van der Waals surface area (Å²) in [5.74, 6) is 1.70. The van der Waals surface area contributed by atoms with Gasteiger partial charge in [0.2, 0.25) is 5.95 Å². The molecule has 1 unspecified atom stereocenters. The maximum Gasteiger partial charge on any atom is 0.224 e. The van der Waals surface area contributed by atoms with Crippen LogP contribution in [0.3, 0.4) is 0 Å². The molecule has 0 aliphatic carbocycles. The Kier molecular flexibility index (Phi) is 5.59. The van der Waals surface area contributed by atoms with Gasteiger partial charge in [0, 0.05) is 30.9 Å². The van der Waals surface area contributed by atoms with E-state index in [4.69, 9.17) is 0 Å². The molecule has 1 aromatic heterocycles. The van der Waals surface area contributed by atoms with Gasteiger partial charge in [-0.1, -0.05) is 13.8 Å². The molecule has 0 aromatic carbocycles. The number of aromatic nitrogens is 2. The van der Waals surface area contributed by atoms with E-state index >= 15 is 0 Å². The van der Waals surface area contributed by atoms with E-state index in [-0.39, 0.29) is 0 Å². The van der Waals surface area contributed by atoms with E-state index in [9.17, 15) is 0 Å². The predicted molar refractivity (Wildman–Crippen MR) is 84.3 cm³/mol. The normalized spacial score (nSPS) is 19.9. The number of likely N-dealkylation sites (tertiary alicyclic amines) is 1. The number of anilines is 2. The SMILES string of the molecule is CCCNc1ncc(C)c(NC2CCCN(CC)C2)n1. The van der Waals surface area contributed by atoms with Gasteiger partial charge in [0.15, 0.2) is 0 Å². The molecule has 1 aliphatic rings. The zero-order valence-corrected chi connectivity index (χ0v) is 12.9. The zero-order chi connectivity index (χ0) is 14.4. The average Bonchev–Trinajstić information content (AvgIpc) is 2.48. The van der Waals surface area contributed by atoms with Gasteiger partial charge in [-0.2, -0.15) is 4.98 Å². The molecule has 1 fully saturated rings. The molecule has 2 rings (SSSR count). The Morgan fingerprint density at radius 1 is 1.40 bits per heavy atom. The standard InChI is InChI=1S/C15H27N5/c1-4-8-16-15-17-10-12(3)14(19-15)18-13-7-6-9-20(5-2)11-13/h10,13H,4-9,11H2,1-3H3,(H2,16,17,18,19). The topological polar surface area (TPSA) is 53.1 Å². The number of nitrogens with zero attached hydrogens (tertiary/aromatic N) is 3. The van der Waals surface area contributed by atoms with Crippen molar-refractivity contribution >= 4 is 11.8 Å². The molecular weight excluding hydrogens is 250 g/mol. The van der Waals surface area contributed by atoms with Gasteiger partial charge in [-0.3, -0.25) is 0 Å². The summed E-state index contributed by atoms with van der Waals surface area (Å²) in [4.78, 5) is 11.4. The second-order valence-corrected chi connectivity index (χ2v) is 5.53. The zero-order valence-electron chi connectivity index (χ0n) is 12.9. The van der Waals surface area contributed by atoms with E-state index in [0.717, 1.165) is 43.4 Å². The summed E-state index contributed by atoms with van der Waals surface area (Å²) in [6, 6.07) is 0.497. The van der Waals surface area contributed by atoms with Crippen LogP contribution < -0.4 is 10.6 Å². The van der Waals surface area contributed by atoms with E-state index in [2.05, 4.69) is 46.3 Å². The van der Waals surface area contributed by atoms with Gasteiger partial charge in [-0.15, -0.1) is 0 Å². The number of rotatable bonds is 6. The molecule has 0 saturated carbocycles. The predicted octanol–water partition coefficient (Wildman–Crippen LogP) is 2.50. The first-order valence-corrected chi connectivity index (χ1v) is 7.79. The lowest BCUT2D eigenvalue weighted by molar-refractivity contribution is 0.226. The molecule has 0 amide bonds. The monoisotopic (exact) mass is 277 g/mol. The third-order valence-corrected chi connectivity index (χ3v) is 3.80. The molecule has 112 valence electrons. The van der Waals surface area contributed by atoms with Crippen molar-refractivity contribution in [2.75, 3.05) is 36.8 Å². The van der Waals surface area contributed by atoms with Gasteiger partial charge in [-0.05, 0) is 39.3 Å². The first-order valence-electron chi connectivity index (χ1n) is 7.79. The number of piperidine rings is 1. The van der Waals surface area contributed by atoms with Gasteiger partial charge >= 0.3 is 0 Å². The van der Waals surface area contributed by atoms with Crippen LogP contribution in [0.4, 0.5) is 11.8 Å². The first kappa shape index (κ1) is 15.0. The Hall–Kier alpha value is -1.36. The molecule has 0 radical (unpaired) electrons. The van der Waals surface area contributed by atoms with E-state index in [0.29, 0.717) is 6.04 Å². The number of aryl methyl sites for hydroxylation is 1. The largest absolute Gasteiger partial charge is 0.366 e. The average molecular weight is 277 g/mol. The van der Waals surface area contributed by atoms with Gasteiger partial charge in [-0.25, -0.2) is 4.98 Å². The summed E-state index contributed by atoms with van der Waals surface area (Å²) in [6.07, 6.45) is 5.45. The fourth-order valence-electron chi connectivity index (χ4n) is 2.56. The lowest BCUT2D eigenvalue weighted by Crippen LogP contribution is -2.42. The summed E-state index contributed by atoms with van der Waals surface area (Å²) in [6.45, 7) is 10.8. The minimum atomic E-state index is 0.497. The highest BCUT2D eigenvalue weighted by atomic mass is 15.2. The second kappa shape index (κ2) is 7.43. The summed E-state index contributed by atoms with van der Waals surface area (Å²) in [5, 5.41) is 6.84. The summed E-state index contributed by atoms with van der Waals surface area (Å²) >= 11 is 0. The Morgan fingerprint density at radius 2 is 2.25 bits per heavy atom. The van der Waals surface area contributed by atoms with Gasteiger partial charge in [0.1, 0.15) is 5.82 Å². The van der Waals surface area contributed by atoms with Gasteiger partial charge < -0.3 is 15.5 Å². The van der Waals surface area contributed by atoms with Crippen LogP contribution in [0.15, 0.2) is 6.20 Å². The number of hydrogen-bond acceptors (Lipinski definition) is 5. The van der Waals surface area contributed by atoms with Crippen LogP contribution in [-0.2, 0) is 0 Å². The highest BCUT2D eigenvalue weighted by Gasteiger charge is 2.19. The van der Waals surface area contributed by atoms with Crippen LogP contribution in [0, 0.1) is 6.92 Å². The van der Waals surface area contributed by atoms with Crippen LogP contribution in [0.1, 0.15) is 38.7 Å². The Balaban J connectivity index is 2.00. The Labute approximate surface area is 122 Å². The van der Waals surface area contributed by atoms with Crippen LogP contribution in [0.2, 0.25) is 0 Å². The lowest BCUT2D eigenvalue weighted by Gasteiger charge is -2.32. The maximum atomic E-state index is 4.60. The van der Waals surface area contributed by atoms with Crippen LogP contribution in [-0.4, -0.2) is 47.1 Å². The van der Waals surface area contributed by atoms with Crippen LogP contribution >= 0.6 is 0 Å². The van der Waals surface area contributed by atoms with Crippen molar-refractivity contribution in [3.63, 3.8) is 0 Å². The first-order chi connectivity index (χ1) is 9.72. The molecule has 2 N–H and O–H groups in total. The molecule has 20 heavy (non-hydrogen) atoms. The summed E-state index contributed by atoms with van der Waals surface area (Å²) in [7, 11) is 0. The quantitative estimate of drug-likeness (QED) is 0.837. The van der Waals surface area contributed by atoms with Gasteiger partial charge in [0.25, 0.3) is 0 Å². The lowest BCUT2D eigenvalue weighted by atomic mass is 10.1. The van der Waals surface area contributed by atoms with Crippen LogP contribution in [0.25, 0.3) is 0 Å². The van der Waals surface area contributed by atoms with Crippen molar-refractivity contribution < 1.29 is 0 Å². The van der Waals surface area contributed by atoms with Crippen molar-refractivity contribution in [2.45, 2.75) is 46.1 Å². The van der Waals surface area contributed by atoms with E-state index in [1.807, 2.05) is 6.20 Å². The smallest absolute Gasteiger partial charge is 0.224 e. The van der Waals surface area contributed by atoms with Gasteiger partial charge in [0.05, 0.1) is 0 Å². The minimum Gasteiger partial charge on any atom is -0.366 e.